The Morgan fingerprint density at radius 3 is 1.64 bits per heavy atom. The number of amides is 4. The minimum atomic E-state index is -1.35. The molecule has 2 aliphatic rings. The third-order valence-electron chi connectivity index (χ3n) is 11.4. The summed E-state index contributed by atoms with van der Waals surface area (Å²) in [7, 11) is 2.39. The number of methoxy groups -OCH3 is 2. The molecule has 2 N–H and O–H groups in total. The molecular weight excluding hydrogens is 811 g/mol. The van der Waals surface area contributed by atoms with Gasteiger partial charge in [0.2, 0.25) is 17.6 Å². The fourth-order valence-corrected chi connectivity index (χ4v) is 8.61. The van der Waals surface area contributed by atoms with Gasteiger partial charge < -0.3 is 39.4 Å². The second kappa shape index (κ2) is 19.2. The van der Waals surface area contributed by atoms with Crippen LogP contribution in [0.4, 0.5) is 9.59 Å². The Morgan fingerprint density at radius 1 is 0.705 bits per heavy atom. The number of ether oxygens (including phenoxy) is 4. The Morgan fingerprint density at radius 2 is 1.18 bits per heavy atom. The van der Waals surface area contributed by atoms with Gasteiger partial charge in [0.15, 0.2) is 19.0 Å². The molecule has 5 rings (SSSR count). The van der Waals surface area contributed by atoms with Crippen LogP contribution in [0, 0.1) is 11.8 Å². The summed E-state index contributed by atoms with van der Waals surface area (Å²) in [6.45, 7) is 9.67. The monoisotopic (exact) mass is 863 g/mol. The molecule has 0 unspecified atom stereocenters. The molecule has 2 fully saturated rings. The van der Waals surface area contributed by atoms with E-state index in [0.717, 1.165) is 0 Å². The molecular formula is C43H53N5O12S. The van der Waals surface area contributed by atoms with E-state index in [9.17, 15) is 38.4 Å². The minimum Gasteiger partial charge on any atom is -0.456 e. The van der Waals surface area contributed by atoms with E-state index >= 15 is 0 Å². The molecule has 0 aliphatic carbocycles. The molecule has 2 aliphatic heterocycles. The van der Waals surface area contributed by atoms with Crippen LogP contribution in [0.25, 0.3) is 21.3 Å². The fraction of sp³-hybridized carbons (Fsp3) is 0.512. The van der Waals surface area contributed by atoms with Gasteiger partial charge in [-0.3, -0.25) is 19.2 Å². The van der Waals surface area contributed by atoms with Gasteiger partial charge in [-0.1, -0.05) is 58.0 Å². The van der Waals surface area contributed by atoms with Crippen molar-refractivity contribution in [3.63, 3.8) is 0 Å². The van der Waals surface area contributed by atoms with Crippen molar-refractivity contribution < 1.29 is 57.3 Å². The van der Waals surface area contributed by atoms with E-state index in [0.29, 0.717) is 52.6 Å². The van der Waals surface area contributed by atoms with E-state index < -0.39 is 83.9 Å². The standard InChI is InChI=1S/C43H53N5O12S/c1-24(2)32(45-40(55)57-7)36(51)47-19-9-17-42(47,5)38(53)59-21-30(49)27-13-11-26(12-14-27)28-15-16-29(35-34(28)44-23-61-35)31(50)22-60-39(54)43(6)18-10-20-48(43)37(52)33(25(3)4)46-41(56)58-8/h11-16,23-25,32-33H,9-10,17-22H2,1-8H3,(H,45,55)(H,46,56)/t32-,33-,42-,43-/m0/s1. The zero-order valence-electron chi connectivity index (χ0n) is 35.7. The number of fused-ring (bicyclic) bond motifs is 1. The molecule has 3 heterocycles. The first kappa shape index (κ1) is 46.2. The number of ketones is 2. The van der Waals surface area contributed by atoms with E-state index in [1.807, 2.05) is 0 Å². The van der Waals surface area contributed by atoms with E-state index in [4.69, 9.17) is 9.47 Å². The number of Topliss-reactive ketones (excluding diaryl/α,β-unsaturated/α-hetero) is 2. The first-order chi connectivity index (χ1) is 28.9. The fourth-order valence-electron chi connectivity index (χ4n) is 7.77. The molecule has 1 aromatic heterocycles. The van der Waals surface area contributed by atoms with Crippen molar-refractivity contribution in [1.82, 2.24) is 25.4 Å². The molecule has 2 aromatic carbocycles. The highest BCUT2D eigenvalue weighted by Crippen LogP contribution is 2.35. The van der Waals surface area contributed by atoms with Gasteiger partial charge in [-0.05, 0) is 63.0 Å². The highest BCUT2D eigenvalue weighted by atomic mass is 32.1. The molecule has 0 saturated carbocycles. The number of nitrogens with one attached hydrogen (secondary N) is 2. The van der Waals surface area contributed by atoms with E-state index in [2.05, 4.69) is 25.1 Å². The SMILES string of the molecule is COC(=O)N[C@H](C(=O)N1CCC[C@@]1(C)C(=O)OCC(=O)c1ccc(-c2ccc(C(=O)COC(=O)[C@]3(C)CCCN3C(=O)[C@@H](NC(=O)OC)C(C)C)c3scnc23)cc1)C(C)C. The maximum atomic E-state index is 13.6. The summed E-state index contributed by atoms with van der Waals surface area (Å²) in [5.74, 6) is -3.86. The number of hydrogen-bond acceptors (Lipinski definition) is 14. The number of likely N-dealkylation sites (tertiary alicyclic amines) is 2. The quantitative estimate of drug-likeness (QED) is 0.118. The number of alkyl carbamates (subject to hydrolysis) is 2. The zero-order valence-corrected chi connectivity index (χ0v) is 36.5. The van der Waals surface area contributed by atoms with Crippen LogP contribution in [0.15, 0.2) is 41.9 Å². The maximum Gasteiger partial charge on any atom is 0.407 e. The summed E-state index contributed by atoms with van der Waals surface area (Å²) in [4.78, 5) is 112. The number of benzene rings is 2. The van der Waals surface area contributed by atoms with Crippen LogP contribution in [0.1, 0.15) is 87.9 Å². The summed E-state index contributed by atoms with van der Waals surface area (Å²) in [5.41, 5.74) is 1.40. The topological polar surface area (TPSA) is 217 Å². The molecule has 328 valence electrons. The highest BCUT2D eigenvalue weighted by molar-refractivity contribution is 7.17. The lowest BCUT2D eigenvalue weighted by Gasteiger charge is -2.36. The lowest BCUT2D eigenvalue weighted by Crippen LogP contribution is -2.58. The number of carbonyl (C=O) groups excluding carboxylic acids is 8. The molecule has 4 atom stereocenters. The molecule has 3 aromatic rings. The van der Waals surface area contributed by atoms with Crippen molar-refractivity contribution in [3.8, 4) is 11.1 Å². The van der Waals surface area contributed by atoms with Crippen molar-refractivity contribution in [2.24, 2.45) is 11.8 Å². The lowest BCUT2D eigenvalue weighted by molar-refractivity contribution is -0.160. The van der Waals surface area contributed by atoms with Crippen LogP contribution < -0.4 is 10.6 Å². The molecule has 0 radical (unpaired) electrons. The van der Waals surface area contributed by atoms with Gasteiger partial charge in [0, 0.05) is 29.8 Å². The van der Waals surface area contributed by atoms with Crippen LogP contribution in [-0.4, -0.2) is 126 Å². The molecule has 0 spiro atoms. The number of thiazole rings is 1. The largest absolute Gasteiger partial charge is 0.456 e. The number of aromatic nitrogens is 1. The van der Waals surface area contributed by atoms with Crippen molar-refractivity contribution >= 4 is 69.1 Å². The predicted molar refractivity (Wildman–Crippen MR) is 223 cm³/mol. The molecule has 18 heteroatoms. The number of nitrogens with zero attached hydrogens (tertiary/aromatic N) is 3. The Balaban J connectivity index is 1.22. The summed E-state index contributed by atoms with van der Waals surface area (Å²) in [6.07, 6.45) is 0.167. The average molecular weight is 864 g/mol. The minimum absolute atomic E-state index is 0.274. The third kappa shape index (κ3) is 9.69. The summed E-state index contributed by atoms with van der Waals surface area (Å²) < 4.78 is 21.0. The van der Waals surface area contributed by atoms with Crippen LogP contribution in [-0.2, 0) is 38.1 Å². The Kier molecular flexibility index (Phi) is 14.5. The van der Waals surface area contributed by atoms with E-state index in [1.54, 1.807) is 83.5 Å². The number of esters is 2. The molecule has 61 heavy (non-hydrogen) atoms. The van der Waals surface area contributed by atoms with Crippen molar-refractivity contribution in [3.05, 3.63) is 53.0 Å². The van der Waals surface area contributed by atoms with Gasteiger partial charge in [0.1, 0.15) is 23.2 Å². The first-order valence-corrected chi connectivity index (χ1v) is 20.9. The van der Waals surface area contributed by atoms with Crippen LogP contribution >= 0.6 is 11.3 Å². The Hall–Kier alpha value is -5.91. The van der Waals surface area contributed by atoms with Gasteiger partial charge in [0.05, 0.1) is 29.9 Å². The van der Waals surface area contributed by atoms with Crippen LogP contribution in [0.3, 0.4) is 0 Å². The average Bonchev–Trinajstić information content (AvgIpc) is 4.01. The third-order valence-corrected chi connectivity index (χ3v) is 12.3. The van der Waals surface area contributed by atoms with Gasteiger partial charge in [0.25, 0.3) is 0 Å². The normalized spacial score (nSPS) is 19.6. The second-order valence-corrected chi connectivity index (χ2v) is 17.1. The lowest BCUT2D eigenvalue weighted by atomic mass is 9.96. The smallest absolute Gasteiger partial charge is 0.407 e. The first-order valence-electron chi connectivity index (χ1n) is 20.1. The number of carbonyl (C=O) groups is 8. The van der Waals surface area contributed by atoms with Gasteiger partial charge in [-0.25, -0.2) is 24.2 Å². The molecule has 4 amide bonds. The summed E-state index contributed by atoms with van der Waals surface area (Å²) in [5, 5.41) is 5.09. The predicted octanol–water partition coefficient (Wildman–Crippen LogP) is 4.94. The Labute approximate surface area is 357 Å². The van der Waals surface area contributed by atoms with E-state index in [-0.39, 0.29) is 30.5 Å². The van der Waals surface area contributed by atoms with Crippen LogP contribution in [0.2, 0.25) is 0 Å². The zero-order chi connectivity index (χ0) is 44.8. The molecule has 17 nitrogen and oxygen atoms in total. The number of rotatable bonds is 15. The second-order valence-electron chi connectivity index (χ2n) is 16.2. The van der Waals surface area contributed by atoms with Gasteiger partial charge >= 0.3 is 24.1 Å². The van der Waals surface area contributed by atoms with E-state index in [1.165, 1.54) is 35.4 Å². The summed E-state index contributed by atoms with van der Waals surface area (Å²) in [6, 6.07) is 8.09. The van der Waals surface area contributed by atoms with Crippen LogP contribution in [0.5, 0.6) is 0 Å². The van der Waals surface area contributed by atoms with Gasteiger partial charge in [-0.2, -0.15) is 0 Å². The maximum absolute atomic E-state index is 13.6. The van der Waals surface area contributed by atoms with Crippen molar-refractivity contribution in [2.75, 3.05) is 40.5 Å². The summed E-state index contributed by atoms with van der Waals surface area (Å²) >= 11 is 1.24. The van der Waals surface area contributed by atoms with Gasteiger partial charge in [-0.15, -0.1) is 11.3 Å². The highest BCUT2D eigenvalue weighted by Gasteiger charge is 2.50. The van der Waals surface area contributed by atoms with Crippen molar-refractivity contribution in [2.45, 2.75) is 90.4 Å². The molecule has 2 saturated heterocycles. The van der Waals surface area contributed by atoms with Crippen molar-refractivity contribution in [1.29, 1.82) is 0 Å². The number of hydrogen-bond donors (Lipinski definition) is 2. The Bertz CT molecular complexity index is 2190. The molecule has 0 bridgehead atoms.